The average molecular weight is 438 g/mol. The van der Waals surface area contributed by atoms with Crippen LogP contribution in [0, 0.1) is 0 Å². The number of hydrogen-bond acceptors (Lipinski definition) is 4. The summed E-state index contributed by atoms with van der Waals surface area (Å²) in [5.74, 6) is -0.670. The van der Waals surface area contributed by atoms with Crippen molar-refractivity contribution in [3.05, 3.63) is 58.6 Å². The summed E-state index contributed by atoms with van der Waals surface area (Å²) in [5.41, 5.74) is 0.937. The van der Waals surface area contributed by atoms with Crippen molar-refractivity contribution in [1.29, 1.82) is 0 Å². The van der Waals surface area contributed by atoms with Crippen molar-refractivity contribution >= 4 is 39.1 Å². The van der Waals surface area contributed by atoms with E-state index < -0.39 is 15.9 Å². The number of amides is 2. The monoisotopic (exact) mass is 437 g/mol. The van der Waals surface area contributed by atoms with Crippen LogP contribution in [0.4, 0.5) is 5.69 Å². The lowest BCUT2D eigenvalue weighted by Gasteiger charge is -2.19. The molecular weight excluding hydrogens is 414 g/mol. The van der Waals surface area contributed by atoms with E-state index in [0.717, 1.165) is 0 Å². The molecule has 0 fully saturated rings. The van der Waals surface area contributed by atoms with Crippen molar-refractivity contribution < 1.29 is 18.0 Å². The molecule has 0 aliphatic rings. The lowest BCUT2D eigenvalue weighted by molar-refractivity contribution is 0.0773. The van der Waals surface area contributed by atoms with E-state index in [0.29, 0.717) is 24.3 Å². The van der Waals surface area contributed by atoms with Crippen LogP contribution in [-0.4, -0.2) is 44.8 Å². The molecule has 9 heteroatoms. The van der Waals surface area contributed by atoms with Gasteiger partial charge in [0.2, 0.25) is 10.0 Å². The molecule has 0 saturated carbocycles. The van der Waals surface area contributed by atoms with Crippen LogP contribution in [0.15, 0.2) is 47.4 Å². The first kappa shape index (κ1) is 22.9. The van der Waals surface area contributed by atoms with Gasteiger partial charge in [-0.25, -0.2) is 13.1 Å². The summed E-state index contributed by atoms with van der Waals surface area (Å²) in [6, 6.07) is 10.4. The zero-order valence-corrected chi connectivity index (χ0v) is 18.1. The molecule has 2 amide bonds. The van der Waals surface area contributed by atoms with Gasteiger partial charge in [0.05, 0.1) is 15.5 Å². The van der Waals surface area contributed by atoms with Gasteiger partial charge in [-0.1, -0.05) is 24.6 Å². The number of carbonyl (C=O) groups excluding carboxylic acids is 2. The van der Waals surface area contributed by atoms with Gasteiger partial charge in [0.25, 0.3) is 11.8 Å². The van der Waals surface area contributed by atoms with Crippen LogP contribution in [0.5, 0.6) is 0 Å². The number of anilines is 1. The van der Waals surface area contributed by atoms with E-state index in [4.69, 9.17) is 11.6 Å². The molecule has 0 aliphatic heterocycles. The molecule has 0 heterocycles. The maximum absolute atomic E-state index is 12.5. The number of nitrogens with zero attached hydrogens (tertiary/aromatic N) is 1. The van der Waals surface area contributed by atoms with E-state index in [1.807, 2.05) is 13.8 Å². The van der Waals surface area contributed by atoms with E-state index in [1.165, 1.54) is 30.3 Å². The number of carbonyl (C=O) groups is 2. The zero-order chi connectivity index (χ0) is 21.6. The van der Waals surface area contributed by atoms with Crippen LogP contribution < -0.4 is 10.0 Å². The molecule has 2 rings (SSSR count). The number of rotatable bonds is 8. The predicted molar refractivity (Wildman–Crippen MR) is 114 cm³/mol. The van der Waals surface area contributed by atoms with Crippen molar-refractivity contribution in [2.75, 3.05) is 25.0 Å². The molecule has 0 unspecified atom stereocenters. The van der Waals surface area contributed by atoms with E-state index >= 15 is 0 Å². The lowest BCUT2D eigenvalue weighted by atomic mass is 10.1. The minimum atomic E-state index is -3.67. The highest BCUT2D eigenvalue weighted by Crippen LogP contribution is 2.23. The minimum absolute atomic E-state index is 0.00481. The highest BCUT2D eigenvalue weighted by Gasteiger charge is 2.18. The van der Waals surface area contributed by atoms with Gasteiger partial charge in [0.1, 0.15) is 0 Å². The summed E-state index contributed by atoms with van der Waals surface area (Å²) in [4.78, 5) is 26.6. The molecule has 0 radical (unpaired) electrons. The Morgan fingerprint density at radius 2 is 1.72 bits per heavy atom. The maximum atomic E-state index is 12.5. The molecule has 0 saturated heterocycles. The standard InChI is InChI=1S/C20H24ClN3O4S/c1-4-22-29(27,28)16-9-7-8-14(12-16)19(25)23-15-10-11-17(18(21)13-15)20(26)24(5-2)6-3/h7-13,22H,4-6H2,1-3H3,(H,23,25). The van der Waals surface area contributed by atoms with Crippen LogP contribution in [-0.2, 0) is 10.0 Å². The minimum Gasteiger partial charge on any atom is -0.339 e. The highest BCUT2D eigenvalue weighted by atomic mass is 35.5. The molecule has 0 aliphatic carbocycles. The lowest BCUT2D eigenvalue weighted by Crippen LogP contribution is -2.30. The fourth-order valence-corrected chi connectivity index (χ4v) is 4.08. The largest absolute Gasteiger partial charge is 0.339 e. The second-order valence-corrected chi connectivity index (χ2v) is 8.33. The van der Waals surface area contributed by atoms with Gasteiger partial charge in [-0.3, -0.25) is 9.59 Å². The fourth-order valence-electron chi connectivity index (χ4n) is 2.73. The zero-order valence-electron chi connectivity index (χ0n) is 16.5. The molecule has 2 N–H and O–H groups in total. The summed E-state index contributed by atoms with van der Waals surface area (Å²) >= 11 is 6.25. The van der Waals surface area contributed by atoms with E-state index in [9.17, 15) is 18.0 Å². The number of benzene rings is 2. The van der Waals surface area contributed by atoms with Crippen molar-refractivity contribution in [2.24, 2.45) is 0 Å². The van der Waals surface area contributed by atoms with E-state index in [1.54, 1.807) is 24.0 Å². The summed E-state index contributed by atoms with van der Waals surface area (Å²) in [6.07, 6.45) is 0. The summed E-state index contributed by atoms with van der Waals surface area (Å²) in [7, 11) is -3.67. The van der Waals surface area contributed by atoms with Gasteiger partial charge in [-0.2, -0.15) is 0 Å². The second-order valence-electron chi connectivity index (χ2n) is 6.16. The Balaban J connectivity index is 2.22. The Hall–Kier alpha value is -2.42. The van der Waals surface area contributed by atoms with Crippen LogP contribution in [0.25, 0.3) is 0 Å². The summed E-state index contributed by atoms with van der Waals surface area (Å²) < 4.78 is 26.6. The van der Waals surface area contributed by atoms with Crippen molar-refractivity contribution in [2.45, 2.75) is 25.7 Å². The first-order chi connectivity index (χ1) is 13.7. The smallest absolute Gasteiger partial charge is 0.255 e. The topological polar surface area (TPSA) is 95.6 Å². The second kappa shape index (κ2) is 9.87. The van der Waals surface area contributed by atoms with Gasteiger partial charge in [0.15, 0.2) is 0 Å². The third kappa shape index (κ3) is 5.56. The number of hydrogen-bond donors (Lipinski definition) is 2. The Labute approximate surface area is 176 Å². The van der Waals surface area contributed by atoms with Gasteiger partial charge in [0, 0.05) is 30.9 Å². The van der Waals surface area contributed by atoms with Crippen LogP contribution in [0.1, 0.15) is 41.5 Å². The summed E-state index contributed by atoms with van der Waals surface area (Å²) in [6.45, 7) is 6.82. The molecule has 2 aromatic rings. The molecule has 0 bridgehead atoms. The van der Waals surface area contributed by atoms with Crippen LogP contribution in [0.3, 0.4) is 0 Å². The van der Waals surface area contributed by atoms with Crippen LogP contribution in [0.2, 0.25) is 5.02 Å². The van der Waals surface area contributed by atoms with E-state index in [2.05, 4.69) is 10.0 Å². The first-order valence-electron chi connectivity index (χ1n) is 9.23. The van der Waals surface area contributed by atoms with Gasteiger partial charge in [-0.15, -0.1) is 0 Å². The third-order valence-corrected chi connectivity index (χ3v) is 6.10. The molecular formula is C20H24ClN3O4S. The normalized spacial score (nSPS) is 11.2. The maximum Gasteiger partial charge on any atom is 0.255 e. The van der Waals surface area contributed by atoms with Gasteiger partial charge >= 0.3 is 0 Å². The van der Waals surface area contributed by atoms with Crippen LogP contribution >= 0.6 is 11.6 Å². The SMILES string of the molecule is CCNS(=O)(=O)c1cccc(C(=O)Nc2ccc(C(=O)N(CC)CC)c(Cl)c2)c1. The highest BCUT2D eigenvalue weighted by molar-refractivity contribution is 7.89. The molecule has 0 spiro atoms. The molecule has 29 heavy (non-hydrogen) atoms. The Bertz CT molecular complexity index is 1000. The molecule has 7 nitrogen and oxygen atoms in total. The molecule has 2 aromatic carbocycles. The molecule has 0 aromatic heterocycles. The molecule has 0 atom stereocenters. The third-order valence-electron chi connectivity index (χ3n) is 4.25. The fraction of sp³-hybridized carbons (Fsp3) is 0.300. The Morgan fingerprint density at radius 3 is 2.31 bits per heavy atom. The van der Waals surface area contributed by atoms with Gasteiger partial charge < -0.3 is 10.2 Å². The van der Waals surface area contributed by atoms with Crippen molar-refractivity contribution in [3.8, 4) is 0 Å². The van der Waals surface area contributed by atoms with Gasteiger partial charge in [-0.05, 0) is 50.2 Å². The molecule has 156 valence electrons. The number of nitrogens with one attached hydrogen (secondary N) is 2. The Kier molecular flexibility index (Phi) is 7.78. The quantitative estimate of drug-likeness (QED) is 0.661. The van der Waals surface area contributed by atoms with Crippen molar-refractivity contribution in [3.63, 3.8) is 0 Å². The Morgan fingerprint density at radius 1 is 1.03 bits per heavy atom. The van der Waals surface area contributed by atoms with Crippen molar-refractivity contribution in [1.82, 2.24) is 9.62 Å². The predicted octanol–water partition coefficient (Wildman–Crippen LogP) is 3.37. The average Bonchev–Trinajstić information content (AvgIpc) is 2.69. The first-order valence-corrected chi connectivity index (χ1v) is 11.1. The number of halogens is 1. The summed E-state index contributed by atoms with van der Waals surface area (Å²) in [5, 5.41) is 2.89. The van der Waals surface area contributed by atoms with E-state index in [-0.39, 0.29) is 27.9 Å². The number of sulfonamides is 1.